The van der Waals surface area contributed by atoms with Crippen molar-refractivity contribution in [1.82, 2.24) is 5.32 Å². The molecule has 1 aromatic rings. The summed E-state index contributed by atoms with van der Waals surface area (Å²) in [5.41, 5.74) is 0. The van der Waals surface area contributed by atoms with E-state index in [4.69, 9.17) is 9.15 Å². The monoisotopic (exact) mass is 211 g/mol. The maximum atomic E-state index is 5.29. The maximum absolute atomic E-state index is 5.29. The third-order valence-electron chi connectivity index (χ3n) is 2.36. The van der Waals surface area contributed by atoms with Crippen LogP contribution in [0.15, 0.2) is 22.8 Å². The van der Waals surface area contributed by atoms with Gasteiger partial charge < -0.3 is 14.5 Å². The topological polar surface area (TPSA) is 34.4 Å². The smallest absolute Gasteiger partial charge is 0.105 e. The minimum Gasteiger partial charge on any atom is -0.469 e. The van der Waals surface area contributed by atoms with E-state index in [9.17, 15) is 0 Å². The van der Waals surface area contributed by atoms with E-state index in [1.54, 1.807) is 13.4 Å². The fraction of sp³-hybridized carbons (Fsp3) is 0.667. The largest absolute Gasteiger partial charge is 0.469 e. The highest BCUT2D eigenvalue weighted by molar-refractivity contribution is 4.99. The van der Waals surface area contributed by atoms with Crippen molar-refractivity contribution in [2.45, 2.75) is 32.2 Å². The molecule has 0 fully saturated rings. The van der Waals surface area contributed by atoms with Crippen molar-refractivity contribution in [3.8, 4) is 0 Å². The summed E-state index contributed by atoms with van der Waals surface area (Å²) in [6.07, 6.45) is 4.96. The predicted molar refractivity (Wildman–Crippen MR) is 61.0 cm³/mol. The van der Waals surface area contributed by atoms with Gasteiger partial charge in [0.25, 0.3) is 0 Å². The van der Waals surface area contributed by atoms with Crippen LogP contribution in [-0.2, 0) is 11.2 Å². The van der Waals surface area contributed by atoms with Gasteiger partial charge in [0.2, 0.25) is 0 Å². The van der Waals surface area contributed by atoms with Gasteiger partial charge in [0.05, 0.1) is 6.26 Å². The van der Waals surface area contributed by atoms with Gasteiger partial charge in [-0.3, -0.25) is 0 Å². The number of ether oxygens (including phenoxy) is 1. The van der Waals surface area contributed by atoms with Gasteiger partial charge in [0, 0.05) is 26.2 Å². The molecule has 1 N–H and O–H groups in total. The highest BCUT2D eigenvalue weighted by Gasteiger charge is 2.03. The Balaban J connectivity index is 2.01. The molecule has 1 atom stereocenters. The lowest BCUT2D eigenvalue weighted by atomic mass is 10.2. The fourth-order valence-corrected chi connectivity index (χ4v) is 1.52. The molecule has 0 aliphatic carbocycles. The second kappa shape index (κ2) is 7.49. The summed E-state index contributed by atoms with van der Waals surface area (Å²) in [4.78, 5) is 0. The van der Waals surface area contributed by atoms with E-state index in [-0.39, 0.29) is 0 Å². The first kappa shape index (κ1) is 12.3. The molecule has 1 heterocycles. The second-order valence-electron chi connectivity index (χ2n) is 3.84. The van der Waals surface area contributed by atoms with Crippen LogP contribution in [0.5, 0.6) is 0 Å². The third kappa shape index (κ3) is 5.60. The van der Waals surface area contributed by atoms with Crippen molar-refractivity contribution in [1.29, 1.82) is 0 Å². The predicted octanol–water partition coefficient (Wildman–Crippen LogP) is 2.23. The van der Waals surface area contributed by atoms with Crippen LogP contribution in [0.4, 0.5) is 0 Å². The van der Waals surface area contributed by atoms with Gasteiger partial charge in [-0.25, -0.2) is 0 Å². The van der Waals surface area contributed by atoms with Crippen molar-refractivity contribution in [2.24, 2.45) is 0 Å². The molecule has 0 aromatic carbocycles. The van der Waals surface area contributed by atoms with E-state index in [1.165, 1.54) is 0 Å². The molecule has 3 nitrogen and oxygen atoms in total. The molecule has 0 amide bonds. The molecule has 86 valence electrons. The van der Waals surface area contributed by atoms with Crippen molar-refractivity contribution >= 4 is 0 Å². The molecule has 1 rings (SSSR count). The molecule has 0 saturated heterocycles. The molecule has 0 bridgehead atoms. The summed E-state index contributed by atoms with van der Waals surface area (Å²) in [6.45, 7) is 4.08. The van der Waals surface area contributed by atoms with Crippen LogP contribution in [0.3, 0.4) is 0 Å². The Labute approximate surface area is 91.8 Å². The first-order valence-corrected chi connectivity index (χ1v) is 5.57. The molecule has 0 spiro atoms. The van der Waals surface area contributed by atoms with Crippen molar-refractivity contribution in [3.63, 3.8) is 0 Å². The molecule has 1 aromatic heterocycles. The fourth-order valence-electron chi connectivity index (χ4n) is 1.52. The first-order chi connectivity index (χ1) is 7.33. The minimum atomic E-state index is 0.471. The lowest BCUT2D eigenvalue weighted by molar-refractivity contribution is 0.192. The quantitative estimate of drug-likeness (QED) is 0.670. The summed E-state index contributed by atoms with van der Waals surface area (Å²) >= 11 is 0. The van der Waals surface area contributed by atoms with E-state index in [2.05, 4.69) is 12.2 Å². The Morgan fingerprint density at radius 3 is 3.00 bits per heavy atom. The Kier molecular flexibility index (Phi) is 6.12. The molecule has 0 aliphatic heterocycles. The summed E-state index contributed by atoms with van der Waals surface area (Å²) < 4.78 is 10.3. The van der Waals surface area contributed by atoms with Crippen molar-refractivity contribution < 1.29 is 9.15 Å². The number of hydrogen-bond donors (Lipinski definition) is 1. The minimum absolute atomic E-state index is 0.471. The summed E-state index contributed by atoms with van der Waals surface area (Å²) in [5, 5.41) is 3.46. The normalized spacial score (nSPS) is 12.9. The molecule has 3 heteroatoms. The van der Waals surface area contributed by atoms with Crippen molar-refractivity contribution in [3.05, 3.63) is 24.2 Å². The van der Waals surface area contributed by atoms with Crippen LogP contribution in [0.2, 0.25) is 0 Å². The first-order valence-electron chi connectivity index (χ1n) is 5.57. The number of nitrogens with one attached hydrogen (secondary N) is 1. The van der Waals surface area contributed by atoms with Gasteiger partial charge in [0.1, 0.15) is 5.76 Å². The number of hydrogen-bond acceptors (Lipinski definition) is 3. The van der Waals surface area contributed by atoms with Crippen LogP contribution in [-0.4, -0.2) is 26.3 Å². The third-order valence-corrected chi connectivity index (χ3v) is 2.36. The molecular formula is C12H21NO2. The van der Waals surface area contributed by atoms with E-state index in [0.29, 0.717) is 6.04 Å². The molecule has 0 saturated carbocycles. The average molecular weight is 211 g/mol. The molecule has 0 radical (unpaired) electrons. The van der Waals surface area contributed by atoms with Gasteiger partial charge in [-0.1, -0.05) is 0 Å². The lowest BCUT2D eigenvalue weighted by Crippen LogP contribution is -2.28. The Morgan fingerprint density at radius 2 is 2.33 bits per heavy atom. The maximum Gasteiger partial charge on any atom is 0.105 e. The number of rotatable bonds is 8. The van der Waals surface area contributed by atoms with Gasteiger partial charge >= 0.3 is 0 Å². The van der Waals surface area contributed by atoms with Crippen LogP contribution in [0, 0.1) is 0 Å². The molecule has 15 heavy (non-hydrogen) atoms. The highest BCUT2D eigenvalue weighted by atomic mass is 16.5. The number of methoxy groups -OCH3 is 1. The Bertz CT molecular complexity index is 234. The number of furan rings is 1. The molecule has 1 unspecified atom stereocenters. The van der Waals surface area contributed by atoms with E-state index < -0.39 is 0 Å². The van der Waals surface area contributed by atoms with Gasteiger partial charge in [-0.05, 0) is 38.4 Å². The molecule has 0 aliphatic rings. The zero-order chi connectivity index (χ0) is 10.9. The lowest BCUT2D eigenvalue weighted by Gasteiger charge is -2.11. The zero-order valence-corrected chi connectivity index (χ0v) is 9.66. The highest BCUT2D eigenvalue weighted by Crippen LogP contribution is 2.03. The van der Waals surface area contributed by atoms with Crippen LogP contribution >= 0.6 is 0 Å². The van der Waals surface area contributed by atoms with Crippen LogP contribution < -0.4 is 5.32 Å². The SMILES string of the molecule is COCCCCNC(C)Cc1ccco1. The van der Waals surface area contributed by atoms with Gasteiger partial charge in [-0.15, -0.1) is 0 Å². The van der Waals surface area contributed by atoms with E-state index in [1.807, 2.05) is 12.1 Å². The summed E-state index contributed by atoms with van der Waals surface area (Å²) in [6, 6.07) is 4.42. The second-order valence-corrected chi connectivity index (χ2v) is 3.84. The summed E-state index contributed by atoms with van der Waals surface area (Å²) in [7, 11) is 1.74. The van der Waals surface area contributed by atoms with Crippen molar-refractivity contribution in [2.75, 3.05) is 20.3 Å². The van der Waals surface area contributed by atoms with Gasteiger partial charge in [0.15, 0.2) is 0 Å². The summed E-state index contributed by atoms with van der Waals surface area (Å²) in [5.74, 6) is 1.05. The Hall–Kier alpha value is -0.800. The average Bonchev–Trinajstić information content (AvgIpc) is 2.70. The van der Waals surface area contributed by atoms with E-state index in [0.717, 1.165) is 38.2 Å². The van der Waals surface area contributed by atoms with Crippen LogP contribution in [0.1, 0.15) is 25.5 Å². The standard InChI is InChI=1S/C12H21NO2/c1-11(10-12-6-5-9-15-12)13-7-3-4-8-14-2/h5-6,9,11,13H,3-4,7-8,10H2,1-2H3. The van der Waals surface area contributed by atoms with Crippen LogP contribution in [0.25, 0.3) is 0 Å². The van der Waals surface area contributed by atoms with E-state index >= 15 is 0 Å². The number of unbranched alkanes of at least 4 members (excludes halogenated alkanes) is 1. The molecular weight excluding hydrogens is 190 g/mol. The zero-order valence-electron chi connectivity index (χ0n) is 9.66. The Morgan fingerprint density at radius 1 is 1.47 bits per heavy atom. The van der Waals surface area contributed by atoms with Gasteiger partial charge in [-0.2, -0.15) is 0 Å².